The predicted molar refractivity (Wildman–Crippen MR) is 79.9 cm³/mol. The molecule has 1 unspecified atom stereocenters. The summed E-state index contributed by atoms with van der Waals surface area (Å²) >= 11 is 0. The van der Waals surface area contributed by atoms with Gasteiger partial charge in [0, 0.05) is 12.6 Å². The van der Waals surface area contributed by atoms with Gasteiger partial charge in [-0.2, -0.15) is 0 Å². The third-order valence-electron chi connectivity index (χ3n) is 3.98. The van der Waals surface area contributed by atoms with Crippen molar-refractivity contribution in [2.75, 3.05) is 6.54 Å². The molecule has 1 aromatic carbocycles. The van der Waals surface area contributed by atoms with E-state index < -0.39 is 12.0 Å². The van der Waals surface area contributed by atoms with Crippen molar-refractivity contribution in [3.05, 3.63) is 35.9 Å². The van der Waals surface area contributed by atoms with Crippen molar-refractivity contribution < 1.29 is 14.7 Å². The smallest absolute Gasteiger partial charge is 0.330 e. The largest absolute Gasteiger partial charge is 0.479 e. The van der Waals surface area contributed by atoms with E-state index in [2.05, 4.69) is 19.2 Å². The molecule has 0 radical (unpaired) electrons. The molecule has 0 aliphatic carbocycles. The lowest BCUT2D eigenvalue weighted by Crippen LogP contribution is -2.47. The average Bonchev–Trinajstić information content (AvgIpc) is 2.94. The third kappa shape index (κ3) is 3.54. The maximum Gasteiger partial charge on any atom is 0.330 e. The lowest BCUT2D eigenvalue weighted by atomic mass is 10.0. The fraction of sp³-hybridized carbons (Fsp3) is 0.500. The van der Waals surface area contributed by atoms with Gasteiger partial charge in [-0.05, 0) is 24.3 Å². The Bertz CT molecular complexity index is 502. The van der Waals surface area contributed by atoms with Gasteiger partial charge in [0.2, 0.25) is 0 Å². The van der Waals surface area contributed by atoms with Gasteiger partial charge in [0.25, 0.3) is 0 Å². The number of likely N-dealkylation sites (tertiary alicyclic amines) is 1. The summed E-state index contributed by atoms with van der Waals surface area (Å²) in [6, 6.07) is 7.67. The molecule has 5 nitrogen and oxygen atoms in total. The highest BCUT2D eigenvalue weighted by Gasteiger charge is 2.33. The number of hydrogen-bond donors (Lipinski definition) is 2. The van der Waals surface area contributed by atoms with E-state index in [1.165, 1.54) is 0 Å². The zero-order valence-electron chi connectivity index (χ0n) is 12.5. The summed E-state index contributed by atoms with van der Waals surface area (Å²) in [5.41, 5.74) is 0.582. The monoisotopic (exact) mass is 290 g/mol. The van der Waals surface area contributed by atoms with Crippen LogP contribution in [0.25, 0.3) is 0 Å². The molecule has 1 aliphatic heterocycles. The molecule has 0 spiro atoms. The Hall–Kier alpha value is -2.04. The van der Waals surface area contributed by atoms with E-state index in [1.54, 1.807) is 29.2 Å². The van der Waals surface area contributed by atoms with Crippen LogP contribution in [-0.4, -0.2) is 34.6 Å². The van der Waals surface area contributed by atoms with Crippen LogP contribution in [0.15, 0.2) is 30.3 Å². The van der Waals surface area contributed by atoms with Gasteiger partial charge >= 0.3 is 12.0 Å². The second-order valence-corrected chi connectivity index (χ2v) is 5.78. The Labute approximate surface area is 125 Å². The van der Waals surface area contributed by atoms with Crippen molar-refractivity contribution in [2.45, 2.75) is 38.8 Å². The van der Waals surface area contributed by atoms with E-state index in [4.69, 9.17) is 0 Å². The second-order valence-electron chi connectivity index (χ2n) is 5.78. The van der Waals surface area contributed by atoms with Gasteiger partial charge in [0.1, 0.15) is 0 Å². The summed E-state index contributed by atoms with van der Waals surface area (Å²) in [5.74, 6) is -0.673. The molecule has 2 rings (SSSR count). The highest BCUT2D eigenvalue weighted by Crippen LogP contribution is 2.24. The number of benzene rings is 1. The predicted octanol–water partition coefficient (Wildman–Crippen LogP) is 2.64. The summed E-state index contributed by atoms with van der Waals surface area (Å²) in [6.45, 7) is 4.86. The standard InChI is InChI=1S/C16H22N2O3/c1-11(2)13-9-6-10-18(13)16(21)17-14(15(19)20)12-7-4-3-5-8-12/h3-5,7-8,11,13-14H,6,9-10H2,1-2H3,(H,17,21)(H,19,20)/t13?,14-/m1/s1. The molecule has 1 fully saturated rings. The minimum atomic E-state index is -1.05. The van der Waals surface area contributed by atoms with Crippen molar-refractivity contribution >= 4 is 12.0 Å². The van der Waals surface area contributed by atoms with Crippen molar-refractivity contribution in [1.82, 2.24) is 10.2 Å². The normalized spacial score (nSPS) is 19.6. The van der Waals surface area contributed by atoms with Gasteiger partial charge in [0.05, 0.1) is 0 Å². The van der Waals surface area contributed by atoms with Gasteiger partial charge in [-0.3, -0.25) is 0 Å². The zero-order valence-corrected chi connectivity index (χ0v) is 12.5. The molecule has 1 aromatic rings. The molecule has 114 valence electrons. The van der Waals surface area contributed by atoms with Gasteiger partial charge in [-0.25, -0.2) is 9.59 Å². The number of nitrogens with one attached hydrogen (secondary N) is 1. The number of urea groups is 1. The molecule has 1 aliphatic rings. The van der Waals surface area contributed by atoms with Crippen molar-refractivity contribution in [3.8, 4) is 0 Å². The maximum absolute atomic E-state index is 12.4. The number of carboxylic acids is 1. The van der Waals surface area contributed by atoms with E-state index >= 15 is 0 Å². The lowest BCUT2D eigenvalue weighted by Gasteiger charge is -2.29. The first kappa shape index (κ1) is 15.4. The number of carbonyl (C=O) groups excluding carboxylic acids is 1. The van der Waals surface area contributed by atoms with Crippen LogP contribution in [0.5, 0.6) is 0 Å². The van der Waals surface area contributed by atoms with Crippen molar-refractivity contribution in [2.24, 2.45) is 5.92 Å². The summed E-state index contributed by atoms with van der Waals surface area (Å²) in [6.07, 6.45) is 1.95. The van der Waals surface area contributed by atoms with Crippen LogP contribution in [0.3, 0.4) is 0 Å². The fourth-order valence-corrected chi connectivity index (χ4v) is 2.88. The Kier molecular flexibility index (Phi) is 4.83. The minimum absolute atomic E-state index is 0.190. The van der Waals surface area contributed by atoms with Crippen LogP contribution in [0, 0.1) is 5.92 Å². The van der Waals surface area contributed by atoms with Gasteiger partial charge in [-0.1, -0.05) is 44.2 Å². The summed E-state index contributed by atoms with van der Waals surface area (Å²) in [7, 11) is 0. The Balaban J connectivity index is 2.11. The van der Waals surface area contributed by atoms with E-state index in [9.17, 15) is 14.7 Å². The molecule has 2 N–H and O–H groups in total. The number of carboxylic acid groups (broad SMARTS) is 1. The molecule has 0 saturated carbocycles. The maximum atomic E-state index is 12.4. The average molecular weight is 290 g/mol. The summed E-state index contributed by atoms with van der Waals surface area (Å²) in [4.78, 5) is 25.6. The molecule has 2 amide bonds. The van der Waals surface area contributed by atoms with Crippen LogP contribution >= 0.6 is 0 Å². The number of hydrogen-bond acceptors (Lipinski definition) is 2. The van der Waals surface area contributed by atoms with Gasteiger partial charge in [-0.15, -0.1) is 0 Å². The first-order valence-electron chi connectivity index (χ1n) is 7.35. The number of carbonyl (C=O) groups is 2. The topological polar surface area (TPSA) is 69.6 Å². The highest BCUT2D eigenvalue weighted by atomic mass is 16.4. The Morgan fingerprint density at radius 1 is 1.29 bits per heavy atom. The molecule has 1 heterocycles. The van der Waals surface area contributed by atoms with E-state index in [-0.39, 0.29) is 12.1 Å². The van der Waals surface area contributed by atoms with Crippen LogP contribution in [0.2, 0.25) is 0 Å². The number of rotatable bonds is 4. The van der Waals surface area contributed by atoms with Crippen LogP contribution < -0.4 is 5.32 Å². The minimum Gasteiger partial charge on any atom is -0.479 e. The number of amides is 2. The first-order valence-corrected chi connectivity index (χ1v) is 7.35. The van der Waals surface area contributed by atoms with Crippen LogP contribution in [0.4, 0.5) is 4.79 Å². The van der Waals surface area contributed by atoms with Crippen LogP contribution in [0.1, 0.15) is 38.3 Å². The fourth-order valence-electron chi connectivity index (χ4n) is 2.88. The Morgan fingerprint density at radius 2 is 1.95 bits per heavy atom. The Morgan fingerprint density at radius 3 is 2.52 bits per heavy atom. The van der Waals surface area contributed by atoms with Gasteiger partial charge < -0.3 is 15.3 Å². The molecule has 0 aromatic heterocycles. The lowest BCUT2D eigenvalue weighted by molar-refractivity contribution is -0.139. The quantitative estimate of drug-likeness (QED) is 0.895. The SMILES string of the molecule is CC(C)C1CCCN1C(=O)N[C@@H](C(=O)O)c1ccccc1. The molecule has 0 bridgehead atoms. The third-order valence-corrected chi connectivity index (χ3v) is 3.98. The molecule has 21 heavy (non-hydrogen) atoms. The molecule has 5 heteroatoms. The number of aliphatic carboxylic acids is 1. The first-order chi connectivity index (χ1) is 10.0. The second kappa shape index (κ2) is 6.61. The van der Waals surface area contributed by atoms with Crippen molar-refractivity contribution in [3.63, 3.8) is 0 Å². The summed E-state index contributed by atoms with van der Waals surface area (Å²) < 4.78 is 0. The van der Waals surface area contributed by atoms with E-state index in [1.807, 2.05) is 6.07 Å². The van der Waals surface area contributed by atoms with E-state index in [0.29, 0.717) is 18.0 Å². The summed E-state index contributed by atoms with van der Waals surface area (Å²) in [5, 5.41) is 12.0. The molecular weight excluding hydrogens is 268 g/mol. The van der Waals surface area contributed by atoms with Crippen LogP contribution in [-0.2, 0) is 4.79 Å². The molecular formula is C16H22N2O3. The molecule has 2 atom stereocenters. The van der Waals surface area contributed by atoms with E-state index in [0.717, 1.165) is 12.8 Å². The van der Waals surface area contributed by atoms with Gasteiger partial charge in [0.15, 0.2) is 6.04 Å². The zero-order chi connectivity index (χ0) is 15.4. The number of nitrogens with zero attached hydrogens (tertiary/aromatic N) is 1. The highest BCUT2D eigenvalue weighted by molar-refractivity contribution is 5.84. The van der Waals surface area contributed by atoms with Crippen molar-refractivity contribution in [1.29, 1.82) is 0 Å². The molecule has 1 saturated heterocycles.